The fourth-order valence-electron chi connectivity index (χ4n) is 3.19. The molecule has 1 N–H and O–H groups in total. The van der Waals surface area contributed by atoms with Crippen molar-refractivity contribution < 1.29 is 9.59 Å². The summed E-state index contributed by atoms with van der Waals surface area (Å²) in [5.74, 6) is 0.00396. The Labute approximate surface area is 146 Å². The average molecular weight is 381 g/mol. The smallest absolute Gasteiger partial charge is 0.251 e. The van der Waals surface area contributed by atoms with Gasteiger partial charge in [0, 0.05) is 36.1 Å². The number of benzene rings is 1. The van der Waals surface area contributed by atoms with Crippen LogP contribution in [-0.2, 0) is 4.79 Å². The van der Waals surface area contributed by atoms with Gasteiger partial charge in [-0.05, 0) is 31.0 Å². The van der Waals surface area contributed by atoms with Crippen LogP contribution in [0.3, 0.4) is 0 Å². The third-order valence-electron chi connectivity index (χ3n) is 4.40. The lowest BCUT2D eigenvalue weighted by atomic mass is 10.1. The third kappa shape index (κ3) is 5.65. The Morgan fingerprint density at radius 1 is 1.22 bits per heavy atom. The van der Waals surface area contributed by atoms with E-state index in [0.29, 0.717) is 24.7 Å². The first-order chi connectivity index (χ1) is 11.1. The summed E-state index contributed by atoms with van der Waals surface area (Å²) in [5, 5.41) is 2.91. The minimum atomic E-state index is -0.101. The maximum absolute atomic E-state index is 12.1. The van der Waals surface area contributed by atoms with Crippen molar-refractivity contribution in [2.75, 3.05) is 13.1 Å². The molecule has 0 saturated heterocycles. The molecule has 1 fully saturated rings. The Balaban J connectivity index is 1.86. The van der Waals surface area contributed by atoms with Gasteiger partial charge in [-0.2, -0.15) is 0 Å². The van der Waals surface area contributed by atoms with E-state index in [1.165, 1.54) is 25.7 Å². The van der Waals surface area contributed by atoms with E-state index in [1.807, 2.05) is 17.0 Å². The van der Waals surface area contributed by atoms with Crippen molar-refractivity contribution in [1.29, 1.82) is 0 Å². The largest absolute Gasteiger partial charge is 0.350 e. The van der Waals surface area contributed by atoms with Gasteiger partial charge in [0.25, 0.3) is 5.91 Å². The molecule has 0 atom stereocenters. The van der Waals surface area contributed by atoms with E-state index >= 15 is 0 Å². The number of carbonyl (C=O) groups excluding carboxylic acids is 2. The van der Waals surface area contributed by atoms with E-state index in [0.717, 1.165) is 17.3 Å². The molecule has 0 bridgehead atoms. The minimum absolute atomic E-state index is 0.101. The van der Waals surface area contributed by atoms with Crippen LogP contribution in [0.15, 0.2) is 28.7 Å². The summed E-state index contributed by atoms with van der Waals surface area (Å²) in [7, 11) is 0. The summed E-state index contributed by atoms with van der Waals surface area (Å²) in [6.45, 7) is 2.70. The monoisotopic (exact) mass is 380 g/mol. The molecule has 4 nitrogen and oxygen atoms in total. The molecule has 1 aromatic rings. The Kier molecular flexibility index (Phi) is 7.09. The average Bonchev–Trinajstić information content (AvgIpc) is 2.80. The maximum Gasteiger partial charge on any atom is 0.251 e. The van der Waals surface area contributed by atoms with Crippen LogP contribution in [0, 0.1) is 0 Å². The van der Waals surface area contributed by atoms with Gasteiger partial charge in [0.15, 0.2) is 0 Å². The highest BCUT2D eigenvalue weighted by Gasteiger charge is 2.22. The molecule has 0 unspecified atom stereocenters. The number of carbonyl (C=O) groups is 2. The lowest BCUT2D eigenvalue weighted by Crippen LogP contribution is -2.43. The van der Waals surface area contributed by atoms with Gasteiger partial charge in [-0.15, -0.1) is 0 Å². The van der Waals surface area contributed by atoms with Gasteiger partial charge in [-0.1, -0.05) is 47.7 Å². The molecular weight excluding hydrogens is 356 g/mol. The number of rotatable bonds is 5. The molecule has 1 saturated carbocycles. The molecule has 1 aliphatic carbocycles. The van der Waals surface area contributed by atoms with E-state index in [1.54, 1.807) is 19.1 Å². The minimum Gasteiger partial charge on any atom is -0.350 e. The second-order valence-corrected chi connectivity index (χ2v) is 7.04. The van der Waals surface area contributed by atoms with Crippen LogP contribution >= 0.6 is 15.9 Å². The fourth-order valence-corrected chi connectivity index (χ4v) is 3.59. The summed E-state index contributed by atoms with van der Waals surface area (Å²) >= 11 is 3.37. The van der Waals surface area contributed by atoms with Crippen molar-refractivity contribution in [1.82, 2.24) is 10.2 Å². The van der Waals surface area contributed by atoms with Crippen LogP contribution < -0.4 is 5.32 Å². The first-order valence-electron chi connectivity index (χ1n) is 8.39. The van der Waals surface area contributed by atoms with Crippen molar-refractivity contribution in [2.24, 2.45) is 0 Å². The van der Waals surface area contributed by atoms with Crippen LogP contribution in [0.4, 0.5) is 0 Å². The SMILES string of the molecule is CC(=O)N(CCNC(=O)c1cccc(Br)c1)C1CCCCCC1. The molecule has 0 spiro atoms. The molecule has 126 valence electrons. The number of hydrogen-bond acceptors (Lipinski definition) is 2. The van der Waals surface area contributed by atoms with Gasteiger partial charge in [-0.25, -0.2) is 0 Å². The number of amides is 2. The molecule has 2 rings (SSSR count). The van der Waals surface area contributed by atoms with Gasteiger partial charge >= 0.3 is 0 Å². The Morgan fingerprint density at radius 3 is 2.52 bits per heavy atom. The van der Waals surface area contributed by atoms with E-state index in [2.05, 4.69) is 21.2 Å². The summed E-state index contributed by atoms with van der Waals surface area (Å²) in [6.07, 6.45) is 7.08. The lowest BCUT2D eigenvalue weighted by molar-refractivity contribution is -0.131. The van der Waals surface area contributed by atoms with Gasteiger partial charge in [0.05, 0.1) is 0 Å². The third-order valence-corrected chi connectivity index (χ3v) is 4.89. The molecule has 5 heteroatoms. The highest BCUT2D eigenvalue weighted by atomic mass is 79.9. The number of hydrogen-bond donors (Lipinski definition) is 1. The number of nitrogens with one attached hydrogen (secondary N) is 1. The second kappa shape index (κ2) is 9.06. The highest BCUT2D eigenvalue weighted by Crippen LogP contribution is 2.21. The quantitative estimate of drug-likeness (QED) is 0.790. The standard InChI is InChI=1S/C18H25BrN2O2/c1-14(22)21(17-9-4-2-3-5-10-17)12-11-20-18(23)15-7-6-8-16(19)13-15/h6-8,13,17H,2-5,9-12H2,1H3,(H,20,23). The molecule has 0 aliphatic heterocycles. The van der Waals surface area contributed by atoms with E-state index in [9.17, 15) is 9.59 Å². The molecule has 0 radical (unpaired) electrons. The molecule has 1 aliphatic rings. The second-order valence-electron chi connectivity index (χ2n) is 6.12. The highest BCUT2D eigenvalue weighted by molar-refractivity contribution is 9.10. The van der Waals surface area contributed by atoms with Crippen molar-refractivity contribution in [3.63, 3.8) is 0 Å². The number of nitrogens with zero attached hydrogens (tertiary/aromatic N) is 1. The van der Waals surface area contributed by atoms with E-state index in [-0.39, 0.29) is 11.8 Å². The summed E-state index contributed by atoms with van der Waals surface area (Å²) in [5.41, 5.74) is 0.628. The van der Waals surface area contributed by atoms with Gasteiger partial charge in [0.1, 0.15) is 0 Å². The van der Waals surface area contributed by atoms with Crippen molar-refractivity contribution in [2.45, 2.75) is 51.5 Å². The van der Waals surface area contributed by atoms with Crippen molar-refractivity contribution in [3.05, 3.63) is 34.3 Å². The Bertz CT molecular complexity index is 540. The van der Waals surface area contributed by atoms with Crippen molar-refractivity contribution >= 4 is 27.7 Å². The molecule has 0 heterocycles. The van der Waals surface area contributed by atoms with Crippen LogP contribution in [0.5, 0.6) is 0 Å². The van der Waals surface area contributed by atoms with Crippen molar-refractivity contribution in [3.8, 4) is 0 Å². The van der Waals surface area contributed by atoms with E-state index < -0.39 is 0 Å². The zero-order chi connectivity index (χ0) is 16.7. The molecular formula is C18H25BrN2O2. The van der Waals surface area contributed by atoms with Gasteiger partial charge < -0.3 is 10.2 Å². The number of halogens is 1. The predicted molar refractivity (Wildman–Crippen MR) is 95.4 cm³/mol. The molecule has 23 heavy (non-hydrogen) atoms. The molecule has 0 aromatic heterocycles. The maximum atomic E-state index is 12.1. The molecule has 1 aromatic carbocycles. The zero-order valence-corrected chi connectivity index (χ0v) is 15.3. The lowest BCUT2D eigenvalue weighted by Gasteiger charge is -2.30. The van der Waals surface area contributed by atoms with Crippen LogP contribution in [0.2, 0.25) is 0 Å². The summed E-state index contributed by atoms with van der Waals surface area (Å²) in [6, 6.07) is 7.64. The first kappa shape index (κ1) is 18.0. The van der Waals surface area contributed by atoms with Crippen LogP contribution in [0.25, 0.3) is 0 Å². The fraction of sp³-hybridized carbons (Fsp3) is 0.556. The normalized spacial score (nSPS) is 15.7. The molecule has 2 amide bonds. The topological polar surface area (TPSA) is 49.4 Å². The summed E-state index contributed by atoms with van der Waals surface area (Å²) < 4.78 is 0.883. The van der Waals surface area contributed by atoms with Crippen LogP contribution in [-0.4, -0.2) is 35.8 Å². The van der Waals surface area contributed by atoms with E-state index in [4.69, 9.17) is 0 Å². The Morgan fingerprint density at radius 2 is 1.91 bits per heavy atom. The Hall–Kier alpha value is -1.36. The predicted octanol–water partition coefficient (Wildman–Crippen LogP) is 3.75. The van der Waals surface area contributed by atoms with Gasteiger partial charge in [0.2, 0.25) is 5.91 Å². The summed E-state index contributed by atoms with van der Waals surface area (Å²) in [4.78, 5) is 26.0. The zero-order valence-electron chi connectivity index (χ0n) is 13.7. The van der Waals surface area contributed by atoms with Gasteiger partial charge in [-0.3, -0.25) is 9.59 Å². The van der Waals surface area contributed by atoms with Crippen LogP contribution in [0.1, 0.15) is 55.8 Å². The first-order valence-corrected chi connectivity index (χ1v) is 9.18.